The number of Topliss-reactive ketones (excluding diaryl/α,β-unsaturated/α-hetero) is 2. The van der Waals surface area contributed by atoms with Gasteiger partial charge in [0.15, 0.2) is 11.4 Å². The zero-order valence-electron chi connectivity index (χ0n) is 21.6. The maximum atomic E-state index is 13.9. The monoisotopic (exact) mass is 518 g/mol. The molecule has 0 radical (unpaired) electrons. The number of hydrogen-bond donors (Lipinski definition) is 5. The number of hydrogen-bond acceptors (Lipinski definition) is 8. The maximum Gasteiger partial charge on any atom is 0.255 e. The Bertz CT molecular complexity index is 1480. The van der Waals surface area contributed by atoms with Gasteiger partial charge in [-0.3, -0.25) is 19.3 Å². The number of nitrogens with two attached hydrogens (primary N) is 1. The van der Waals surface area contributed by atoms with Crippen LogP contribution in [0.5, 0.6) is 5.75 Å². The fourth-order valence-corrected chi connectivity index (χ4v) is 6.64. The summed E-state index contributed by atoms with van der Waals surface area (Å²) in [6.45, 7) is 3.95. The second kappa shape index (κ2) is 8.54. The van der Waals surface area contributed by atoms with Crippen molar-refractivity contribution in [1.82, 2.24) is 4.90 Å². The first-order valence-corrected chi connectivity index (χ1v) is 12.4. The van der Waals surface area contributed by atoms with E-state index in [2.05, 4.69) is 0 Å². The number of phenols is 1. The van der Waals surface area contributed by atoms with Gasteiger partial charge in [0.2, 0.25) is 5.78 Å². The zero-order chi connectivity index (χ0) is 27.8. The van der Waals surface area contributed by atoms with Gasteiger partial charge in [0, 0.05) is 11.5 Å². The largest absolute Gasteiger partial charge is 0.508 e. The van der Waals surface area contributed by atoms with Gasteiger partial charge in [-0.1, -0.05) is 35.4 Å². The number of benzene rings is 2. The van der Waals surface area contributed by atoms with Crippen LogP contribution >= 0.6 is 0 Å². The maximum absolute atomic E-state index is 13.9. The molecule has 0 saturated heterocycles. The van der Waals surface area contributed by atoms with Crippen LogP contribution in [-0.4, -0.2) is 68.5 Å². The highest BCUT2D eigenvalue weighted by Gasteiger charge is 2.64. The molecule has 1 fully saturated rings. The van der Waals surface area contributed by atoms with E-state index in [4.69, 9.17) is 5.73 Å². The third-order valence-corrected chi connectivity index (χ3v) is 8.14. The molecule has 0 heterocycles. The number of aryl methyl sites for hydroxylation is 2. The van der Waals surface area contributed by atoms with E-state index in [0.717, 1.165) is 22.3 Å². The lowest BCUT2D eigenvalue weighted by molar-refractivity contribution is -0.153. The molecule has 1 amide bonds. The lowest BCUT2D eigenvalue weighted by Crippen LogP contribution is -2.65. The molecule has 0 spiro atoms. The molecular formula is C29H30N2O7. The van der Waals surface area contributed by atoms with E-state index >= 15 is 0 Å². The Morgan fingerprint density at radius 3 is 2.26 bits per heavy atom. The molecule has 9 nitrogen and oxygen atoms in total. The van der Waals surface area contributed by atoms with Gasteiger partial charge in [-0.25, -0.2) is 0 Å². The van der Waals surface area contributed by atoms with Crippen LogP contribution in [-0.2, 0) is 20.8 Å². The van der Waals surface area contributed by atoms with E-state index in [9.17, 15) is 34.8 Å². The van der Waals surface area contributed by atoms with Crippen molar-refractivity contribution in [3.63, 3.8) is 0 Å². The number of carbonyl (C=O) groups excluding carboxylic acids is 3. The molecule has 2 aromatic rings. The number of rotatable bonds is 3. The number of primary amides is 1. The first kappa shape index (κ1) is 25.7. The molecule has 9 heteroatoms. The molecule has 4 unspecified atom stereocenters. The normalized spacial score (nSPS) is 26.8. The molecule has 0 bridgehead atoms. The lowest BCUT2D eigenvalue weighted by Gasteiger charge is -2.50. The number of carbonyl (C=O) groups is 3. The van der Waals surface area contributed by atoms with E-state index < -0.39 is 58.0 Å². The van der Waals surface area contributed by atoms with E-state index in [0.29, 0.717) is 5.56 Å². The number of fused-ring (bicyclic) bond motifs is 3. The van der Waals surface area contributed by atoms with Crippen molar-refractivity contribution in [1.29, 1.82) is 0 Å². The molecule has 198 valence electrons. The summed E-state index contributed by atoms with van der Waals surface area (Å²) in [5, 5.41) is 44.8. The summed E-state index contributed by atoms with van der Waals surface area (Å²) in [4.78, 5) is 40.7. The summed E-state index contributed by atoms with van der Waals surface area (Å²) in [5.74, 6) is -6.61. The van der Waals surface area contributed by atoms with E-state index in [1.165, 1.54) is 11.0 Å². The minimum absolute atomic E-state index is 0.0493. The number of amides is 1. The van der Waals surface area contributed by atoms with E-state index in [1.54, 1.807) is 20.2 Å². The number of aromatic hydroxyl groups is 1. The van der Waals surface area contributed by atoms with E-state index in [-0.39, 0.29) is 29.7 Å². The fraction of sp³-hybridized carbons (Fsp3) is 0.345. The van der Waals surface area contributed by atoms with Gasteiger partial charge in [0.1, 0.15) is 22.8 Å². The lowest BCUT2D eigenvalue weighted by atomic mass is 9.57. The van der Waals surface area contributed by atoms with Gasteiger partial charge >= 0.3 is 0 Å². The highest BCUT2D eigenvalue weighted by atomic mass is 16.3. The van der Waals surface area contributed by atoms with Crippen molar-refractivity contribution in [2.24, 2.45) is 17.6 Å². The summed E-state index contributed by atoms with van der Waals surface area (Å²) in [6, 6.07) is 8.12. The Hall–Kier alpha value is -3.95. The van der Waals surface area contributed by atoms with Crippen LogP contribution in [0.1, 0.15) is 28.7 Å². The molecule has 4 atom stereocenters. The third kappa shape index (κ3) is 3.42. The topological polar surface area (TPSA) is 161 Å². The predicted molar refractivity (Wildman–Crippen MR) is 139 cm³/mol. The first-order chi connectivity index (χ1) is 17.8. The van der Waals surface area contributed by atoms with Crippen LogP contribution in [0.25, 0.3) is 16.9 Å². The summed E-state index contributed by atoms with van der Waals surface area (Å²) >= 11 is 0. The quantitative estimate of drug-likeness (QED) is 0.387. The average Bonchev–Trinajstić information content (AvgIpc) is 2.80. The van der Waals surface area contributed by atoms with Gasteiger partial charge in [-0.15, -0.1) is 0 Å². The third-order valence-electron chi connectivity index (χ3n) is 8.14. The Labute approximate surface area is 219 Å². The Kier molecular flexibility index (Phi) is 5.77. The molecule has 5 rings (SSSR count). The molecule has 3 aliphatic rings. The van der Waals surface area contributed by atoms with Gasteiger partial charge in [0.05, 0.1) is 11.6 Å². The van der Waals surface area contributed by atoms with Crippen LogP contribution in [0.3, 0.4) is 0 Å². The molecule has 3 aliphatic carbocycles. The Morgan fingerprint density at radius 1 is 1.05 bits per heavy atom. The molecule has 2 aromatic carbocycles. The number of likely N-dealkylation sites (N-methyl/N-ethyl adjacent to an activating group) is 1. The van der Waals surface area contributed by atoms with Crippen molar-refractivity contribution < 1.29 is 34.8 Å². The molecular weight excluding hydrogens is 488 g/mol. The van der Waals surface area contributed by atoms with Crippen molar-refractivity contribution in [2.45, 2.75) is 38.3 Å². The van der Waals surface area contributed by atoms with Crippen LogP contribution in [0.4, 0.5) is 0 Å². The summed E-state index contributed by atoms with van der Waals surface area (Å²) in [7, 11) is 3.15. The summed E-state index contributed by atoms with van der Waals surface area (Å²) < 4.78 is 0. The van der Waals surface area contributed by atoms with Gasteiger partial charge in [0.25, 0.3) is 5.91 Å². The number of aliphatic hydroxyl groups is 3. The van der Waals surface area contributed by atoms with Crippen molar-refractivity contribution in [3.8, 4) is 16.9 Å². The van der Waals surface area contributed by atoms with Crippen LogP contribution in [0.15, 0.2) is 47.2 Å². The minimum Gasteiger partial charge on any atom is -0.508 e. The molecule has 6 N–H and O–H groups in total. The van der Waals surface area contributed by atoms with Gasteiger partial charge < -0.3 is 26.2 Å². The van der Waals surface area contributed by atoms with Crippen LogP contribution in [0.2, 0.25) is 0 Å². The number of nitrogens with zero attached hydrogens (tertiary/aromatic N) is 1. The standard InChI is InChI=1S/C29H30N2O7/c1-12-7-13(2)9-14(8-12)16-5-6-19(32)21-17(16)10-15-11-18-23(31(3)4)25(34)22(28(30)37)27(36)29(18,38)26(35)20(15)24(21)33/h5-9,15,18,23,32-33,36,38H,10-11H2,1-4H3,(H2,30,37). The minimum atomic E-state index is -2.65. The molecule has 1 saturated carbocycles. The SMILES string of the molecule is Cc1cc(C)cc(-c2ccc(O)c3c2CC2CC4C(N(C)C)C(=O)C(C(N)=O)=C(O)C4(O)C(=O)C2=C3O)c1. The summed E-state index contributed by atoms with van der Waals surface area (Å²) in [5.41, 5.74) is 6.19. The van der Waals surface area contributed by atoms with Crippen molar-refractivity contribution in [2.75, 3.05) is 14.1 Å². The first-order valence-electron chi connectivity index (χ1n) is 12.4. The highest BCUT2D eigenvalue weighted by molar-refractivity contribution is 6.24. The smallest absolute Gasteiger partial charge is 0.255 e. The average molecular weight is 519 g/mol. The molecule has 0 aromatic heterocycles. The second-order valence-corrected chi connectivity index (χ2v) is 10.8. The number of phenolic OH excluding ortho intramolecular Hbond substituents is 1. The number of ketones is 2. The van der Waals surface area contributed by atoms with E-state index in [1.807, 2.05) is 32.0 Å². The highest BCUT2D eigenvalue weighted by Crippen LogP contribution is 2.53. The van der Waals surface area contributed by atoms with Gasteiger partial charge in [-0.2, -0.15) is 0 Å². The Morgan fingerprint density at radius 2 is 1.68 bits per heavy atom. The molecule has 0 aliphatic heterocycles. The van der Waals surface area contributed by atoms with Crippen molar-refractivity contribution >= 4 is 23.2 Å². The number of aliphatic hydroxyl groups excluding tert-OH is 2. The summed E-state index contributed by atoms with van der Waals surface area (Å²) in [6.07, 6.45) is 0.291. The van der Waals surface area contributed by atoms with Crippen LogP contribution in [0, 0.1) is 25.7 Å². The second-order valence-electron chi connectivity index (χ2n) is 10.8. The molecule has 38 heavy (non-hydrogen) atoms. The van der Waals surface area contributed by atoms with Crippen molar-refractivity contribution in [3.05, 3.63) is 69.5 Å². The Balaban J connectivity index is 1.75. The van der Waals surface area contributed by atoms with Gasteiger partial charge in [-0.05, 0) is 69.5 Å². The fourth-order valence-electron chi connectivity index (χ4n) is 6.64. The zero-order valence-corrected chi connectivity index (χ0v) is 21.6. The predicted octanol–water partition coefficient (Wildman–Crippen LogP) is 2.25. The van der Waals surface area contributed by atoms with Crippen LogP contribution < -0.4 is 5.73 Å².